The summed E-state index contributed by atoms with van der Waals surface area (Å²) in [4.78, 5) is 30.6. The molecule has 2 amide bonds. The predicted octanol–water partition coefficient (Wildman–Crippen LogP) is 1.86. The van der Waals surface area contributed by atoms with Crippen LogP contribution in [0.1, 0.15) is 17.7 Å². The Balaban J connectivity index is 1.46. The number of rotatable bonds is 3. The molecule has 1 aromatic carbocycles. The molecule has 1 fully saturated rings. The van der Waals surface area contributed by atoms with Gasteiger partial charge in [-0.1, -0.05) is 12.1 Å². The molecule has 3 heterocycles. The molecule has 2 N–H and O–H groups in total. The predicted molar refractivity (Wildman–Crippen MR) is 95.1 cm³/mol. The molecule has 1 aromatic heterocycles. The third-order valence-electron chi connectivity index (χ3n) is 4.82. The summed E-state index contributed by atoms with van der Waals surface area (Å²) in [6.45, 7) is 1.81. The van der Waals surface area contributed by atoms with Crippen molar-refractivity contribution >= 4 is 23.2 Å². The first-order valence-electron chi connectivity index (χ1n) is 8.66. The average molecular weight is 354 g/mol. The van der Waals surface area contributed by atoms with Gasteiger partial charge < -0.3 is 15.5 Å². The summed E-state index contributed by atoms with van der Waals surface area (Å²) in [6, 6.07) is 8.02. The van der Waals surface area contributed by atoms with Gasteiger partial charge in [0.2, 0.25) is 11.8 Å². The van der Waals surface area contributed by atoms with Crippen LogP contribution in [0.2, 0.25) is 0 Å². The summed E-state index contributed by atoms with van der Waals surface area (Å²) < 4.78 is 13.9. The lowest BCUT2D eigenvalue weighted by Gasteiger charge is -2.18. The minimum atomic E-state index is -0.517. The zero-order valence-electron chi connectivity index (χ0n) is 14.2. The lowest BCUT2D eigenvalue weighted by atomic mass is 10.1. The summed E-state index contributed by atoms with van der Waals surface area (Å²) in [5.41, 5.74) is 2.96. The highest BCUT2D eigenvalue weighted by atomic mass is 19.1. The maximum Gasteiger partial charge on any atom is 0.229 e. The highest BCUT2D eigenvalue weighted by Gasteiger charge is 2.36. The van der Waals surface area contributed by atoms with E-state index in [1.54, 1.807) is 24.4 Å². The summed E-state index contributed by atoms with van der Waals surface area (Å²) in [5, 5.41) is 6.11. The van der Waals surface area contributed by atoms with Crippen LogP contribution in [0.5, 0.6) is 0 Å². The van der Waals surface area contributed by atoms with Crippen LogP contribution in [0.3, 0.4) is 0 Å². The van der Waals surface area contributed by atoms with E-state index < -0.39 is 11.7 Å². The van der Waals surface area contributed by atoms with Crippen LogP contribution in [0.4, 0.5) is 15.8 Å². The van der Waals surface area contributed by atoms with Crippen molar-refractivity contribution in [3.05, 3.63) is 53.6 Å². The second kappa shape index (κ2) is 6.84. The van der Waals surface area contributed by atoms with Gasteiger partial charge in [-0.2, -0.15) is 0 Å². The van der Waals surface area contributed by atoms with Gasteiger partial charge in [0.05, 0.1) is 23.5 Å². The van der Waals surface area contributed by atoms with Crippen LogP contribution in [0, 0.1) is 11.7 Å². The Kier molecular flexibility index (Phi) is 4.38. The van der Waals surface area contributed by atoms with Crippen molar-refractivity contribution in [2.24, 2.45) is 5.92 Å². The van der Waals surface area contributed by atoms with Gasteiger partial charge in [0.15, 0.2) is 0 Å². The SMILES string of the molecule is O=C(Nc1cnc2c(c1)CNCC2)C1CC(=O)N(c2ccccc2F)C1. The minimum absolute atomic E-state index is 0.0695. The van der Waals surface area contributed by atoms with Gasteiger partial charge in [0, 0.05) is 38.2 Å². The molecule has 0 spiro atoms. The quantitative estimate of drug-likeness (QED) is 0.882. The fraction of sp³-hybridized carbons (Fsp3) is 0.316. The van der Waals surface area contributed by atoms with Gasteiger partial charge >= 0.3 is 0 Å². The molecular weight excluding hydrogens is 335 g/mol. The van der Waals surface area contributed by atoms with Gasteiger partial charge in [-0.3, -0.25) is 14.6 Å². The number of pyridine rings is 1. The monoisotopic (exact) mass is 354 g/mol. The highest BCUT2D eigenvalue weighted by Crippen LogP contribution is 2.28. The number of carbonyl (C=O) groups is 2. The van der Waals surface area contributed by atoms with Crippen LogP contribution in [0.15, 0.2) is 36.5 Å². The second-order valence-electron chi connectivity index (χ2n) is 6.60. The molecule has 0 bridgehead atoms. The number of anilines is 2. The number of hydrogen-bond acceptors (Lipinski definition) is 4. The number of fused-ring (bicyclic) bond motifs is 1. The number of aromatic nitrogens is 1. The Bertz CT molecular complexity index is 870. The first-order valence-corrected chi connectivity index (χ1v) is 8.66. The molecule has 1 saturated heterocycles. The van der Waals surface area contributed by atoms with Crippen molar-refractivity contribution < 1.29 is 14.0 Å². The molecule has 0 aliphatic carbocycles. The number of para-hydroxylation sites is 1. The summed E-state index contributed by atoms with van der Waals surface area (Å²) in [6.07, 6.45) is 2.59. The molecule has 0 saturated carbocycles. The molecule has 2 aliphatic heterocycles. The minimum Gasteiger partial charge on any atom is -0.324 e. The molecule has 2 aromatic rings. The van der Waals surface area contributed by atoms with Crippen LogP contribution < -0.4 is 15.5 Å². The number of nitrogens with zero attached hydrogens (tertiary/aromatic N) is 2. The maximum absolute atomic E-state index is 13.9. The number of halogens is 1. The molecule has 134 valence electrons. The molecular formula is C19H19FN4O2. The Labute approximate surface area is 150 Å². The topological polar surface area (TPSA) is 74.3 Å². The standard InChI is InChI=1S/C19H19FN4O2/c20-15-3-1-2-4-17(15)24-11-13(8-18(24)25)19(26)23-14-7-12-9-21-6-5-16(12)22-10-14/h1-4,7,10,13,21H,5-6,8-9,11H2,(H,23,26). The van der Waals surface area contributed by atoms with Crippen molar-refractivity contribution in [1.82, 2.24) is 10.3 Å². The second-order valence-corrected chi connectivity index (χ2v) is 6.60. The van der Waals surface area contributed by atoms with E-state index in [-0.39, 0.29) is 30.5 Å². The van der Waals surface area contributed by atoms with Crippen LogP contribution in [0.25, 0.3) is 0 Å². The lowest BCUT2D eigenvalue weighted by molar-refractivity contribution is -0.122. The van der Waals surface area contributed by atoms with Crippen LogP contribution >= 0.6 is 0 Å². The number of hydrogen-bond donors (Lipinski definition) is 2. The Hall–Kier alpha value is -2.80. The Morgan fingerprint density at radius 3 is 3.04 bits per heavy atom. The first-order chi connectivity index (χ1) is 12.6. The van der Waals surface area contributed by atoms with Crippen LogP contribution in [-0.2, 0) is 22.6 Å². The van der Waals surface area contributed by atoms with E-state index in [1.165, 1.54) is 11.0 Å². The molecule has 2 aliphatic rings. The number of amides is 2. The molecule has 1 unspecified atom stereocenters. The molecule has 26 heavy (non-hydrogen) atoms. The van der Waals surface area contributed by atoms with Gasteiger partial charge in [-0.05, 0) is 23.8 Å². The van der Waals surface area contributed by atoms with E-state index in [1.807, 2.05) is 6.07 Å². The third-order valence-corrected chi connectivity index (χ3v) is 4.82. The number of benzene rings is 1. The van der Waals surface area contributed by atoms with Gasteiger partial charge in [0.25, 0.3) is 0 Å². The van der Waals surface area contributed by atoms with Crippen molar-refractivity contribution in [3.8, 4) is 0 Å². The summed E-state index contributed by atoms with van der Waals surface area (Å²) in [7, 11) is 0. The number of carbonyl (C=O) groups excluding carboxylic acids is 2. The maximum atomic E-state index is 13.9. The summed E-state index contributed by atoms with van der Waals surface area (Å²) in [5.74, 6) is -1.48. The molecule has 0 radical (unpaired) electrons. The van der Waals surface area contributed by atoms with Gasteiger partial charge in [-0.15, -0.1) is 0 Å². The lowest BCUT2D eigenvalue weighted by Crippen LogP contribution is -2.29. The highest BCUT2D eigenvalue weighted by molar-refractivity contribution is 6.03. The van der Waals surface area contributed by atoms with Crippen molar-refractivity contribution in [3.63, 3.8) is 0 Å². The van der Waals surface area contributed by atoms with E-state index >= 15 is 0 Å². The van der Waals surface area contributed by atoms with Crippen molar-refractivity contribution in [2.75, 3.05) is 23.3 Å². The van der Waals surface area contributed by atoms with E-state index in [0.717, 1.165) is 30.8 Å². The van der Waals surface area contributed by atoms with Crippen molar-refractivity contribution in [2.45, 2.75) is 19.4 Å². The smallest absolute Gasteiger partial charge is 0.229 e. The van der Waals surface area contributed by atoms with E-state index in [0.29, 0.717) is 5.69 Å². The fourth-order valence-corrected chi connectivity index (χ4v) is 3.45. The van der Waals surface area contributed by atoms with Crippen LogP contribution in [-0.4, -0.2) is 29.9 Å². The molecule has 1 atom stereocenters. The average Bonchev–Trinajstić information content (AvgIpc) is 3.04. The fourth-order valence-electron chi connectivity index (χ4n) is 3.45. The molecule has 6 nitrogen and oxygen atoms in total. The largest absolute Gasteiger partial charge is 0.324 e. The zero-order chi connectivity index (χ0) is 18.1. The van der Waals surface area contributed by atoms with Crippen molar-refractivity contribution in [1.29, 1.82) is 0 Å². The van der Waals surface area contributed by atoms with E-state index in [2.05, 4.69) is 15.6 Å². The van der Waals surface area contributed by atoms with Gasteiger partial charge in [-0.25, -0.2) is 4.39 Å². The summed E-state index contributed by atoms with van der Waals surface area (Å²) >= 11 is 0. The van der Waals surface area contributed by atoms with Gasteiger partial charge in [0.1, 0.15) is 5.82 Å². The zero-order valence-corrected chi connectivity index (χ0v) is 14.2. The first kappa shape index (κ1) is 16.7. The normalized spacial score (nSPS) is 19.3. The Morgan fingerprint density at radius 1 is 1.35 bits per heavy atom. The third kappa shape index (κ3) is 3.17. The Morgan fingerprint density at radius 2 is 2.19 bits per heavy atom. The molecule has 4 rings (SSSR count). The van der Waals surface area contributed by atoms with E-state index in [9.17, 15) is 14.0 Å². The number of nitrogens with one attached hydrogen (secondary N) is 2. The van der Waals surface area contributed by atoms with E-state index in [4.69, 9.17) is 0 Å². The molecule has 7 heteroatoms.